The average molecular weight is 379 g/mol. The van der Waals surface area contributed by atoms with Crippen molar-refractivity contribution in [2.45, 2.75) is 17.4 Å². The van der Waals surface area contributed by atoms with Gasteiger partial charge in [0.25, 0.3) is 5.22 Å². The van der Waals surface area contributed by atoms with Gasteiger partial charge in [-0.05, 0) is 49.4 Å². The molecule has 3 rings (SSSR count). The molecule has 0 N–H and O–H groups in total. The molecule has 0 aliphatic heterocycles. The van der Waals surface area contributed by atoms with E-state index >= 15 is 0 Å². The molecule has 1 aromatic heterocycles. The zero-order valence-electron chi connectivity index (χ0n) is 12.6. The molecule has 122 valence electrons. The predicted octanol–water partition coefficient (Wildman–Crippen LogP) is 5.41. The van der Waals surface area contributed by atoms with Crippen molar-refractivity contribution in [3.8, 4) is 11.5 Å². The van der Waals surface area contributed by atoms with Crippen LogP contribution in [0.4, 0.5) is 0 Å². The Balaban J connectivity index is 1.72. The van der Waals surface area contributed by atoms with E-state index in [9.17, 15) is 4.79 Å². The maximum atomic E-state index is 12.4. The molecule has 0 saturated heterocycles. The second-order valence-electron chi connectivity index (χ2n) is 5.01. The number of ketones is 1. The van der Waals surface area contributed by atoms with Crippen LogP contribution in [0.25, 0.3) is 11.5 Å². The second kappa shape index (κ2) is 7.38. The number of carbonyl (C=O) groups is 1. The first kappa shape index (κ1) is 17.0. The lowest BCUT2D eigenvalue weighted by Gasteiger charge is -2.07. The van der Waals surface area contributed by atoms with Gasteiger partial charge in [-0.25, -0.2) is 0 Å². The number of Topliss-reactive ketones (excluding diaryl/α,β-unsaturated/α-hetero) is 1. The Labute approximate surface area is 153 Å². The van der Waals surface area contributed by atoms with Crippen LogP contribution < -0.4 is 0 Å². The third kappa shape index (κ3) is 3.98. The SMILES string of the molecule is C[C@H](Sc1nnc(-c2cccc(Cl)c2)o1)C(=O)c1ccc(Cl)cc1. The molecule has 0 unspecified atom stereocenters. The maximum absolute atomic E-state index is 12.4. The fourth-order valence-electron chi connectivity index (χ4n) is 2.05. The highest BCUT2D eigenvalue weighted by Gasteiger charge is 2.20. The van der Waals surface area contributed by atoms with Crippen LogP contribution in [0.15, 0.2) is 58.2 Å². The van der Waals surface area contributed by atoms with Gasteiger partial charge in [0.15, 0.2) is 5.78 Å². The molecule has 0 bridgehead atoms. The molecule has 0 aliphatic rings. The Hall–Kier alpha value is -1.82. The lowest BCUT2D eigenvalue weighted by atomic mass is 10.1. The van der Waals surface area contributed by atoms with Gasteiger partial charge in [-0.3, -0.25) is 4.79 Å². The van der Waals surface area contributed by atoms with Gasteiger partial charge < -0.3 is 4.42 Å². The molecular weight excluding hydrogens is 367 g/mol. The van der Waals surface area contributed by atoms with Gasteiger partial charge >= 0.3 is 0 Å². The van der Waals surface area contributed by atoms with E-state index in [1.807, 2.05) is 6.07 Å². The third-order valence-corrected chi connectivity index (χ3v) is 4.67. The van der Waals surface area contributed by atoms with Crippen LogP contribution in [0.5, 0.6) is 0 Å². The van der Waals surface area contributed by atoms with Gasteiger partial charge in [0.05, 0.1) is 5.25 Å². The molecule has 0 amide bonds. The van der Waals surface area contributed by atoms with Crippen molar-refractivity contribution in [1.82, 2.24) is 10.2 Å². The highest BCUT2D eigenvalue weighted by molar-refractivity contribution is 8.00. The van der Waals surface area contributed by atoms with Crippen molar-refractivity contribution in [1.29, 1.82) is 0 Å². The number of thioether (sulfide) groups is 1. The van der Waals surface area contributed by atoms with E-state index in [0.29, 0.717) is 26.7 Å². The van der Waals surface area contributed by atoms with Crippen molar-refractivity contribution in [2.75, 3.05) is 0 Å². The molecule has 4 nitrogen and oxygen atoms in total. The second-order valence-corrected chi connectivity index (χ2v) is 7.18. The monoisotopic (exact) mass is 378 g/mol. The first-order chi connectivity index (χ1) is 11.5. The summed E-state index contributed by atoms with van der Waals surface area (Å²) in [5.74, 6) is 0.338. The molecule has 7 heteroatoms. The summed E-state index contributed by atoms with van der Waals surface area (Å²) in [7, 11) is 0. The molecule has 2 aromatic carbocycles. The average Bonchev–Trinajstić information content (AvgIpc) is 3.03. The number of nitrogens with zero attached hydrogens (tertiary/aromatic N) is 2. The zero-order chi connectivity index (χ0) is 17.1. The molecule has 0 aliphatic carbocycles. The van der Waals surface area contributed by atoms with Gasteiger partial charge in [-0.1, -0.05) is 41.0 Å². The highest BCUT2D eigenvalue weighted by Crippen LogP contribution is 2.28. The summed E-state index contributed by atoms with van der Waals surface area (Å²) in [5, 5.41) is 9.13. The van der Waals surface area contributed by atoms with Crippen LogP contribution >= 0.6 is 35.0 Å². The van der Waals surface area contributed by atoms with E-state index in [1.54, 1.807) is 49.4 Å². The van der Waals surface area contributed by atoms with Crippen LogP contribution in [-0.4, -0.2) is 21.2 Å². The summed E-state index contributed by atoms with van der Waals surface area (Å²) in [6.07, 6.45) is 0. The Morgan fingerprint density at radius 2 is 1.83 bits per heavy atom. The van der Waals surface area contributed by atoms with Crippen LogP contribution in [0.2, 0.25) is 10.0 Å². The Morgan fingerprint density at radius 1 is 1.08 bits per heavy atom. The van der Waals surface area contributed by atoms with Gasteiger partial charge in [-0.15, -0.1) is 10.2 Å². The molecule has 3 aromatic rings. The van der Waals surface area contributed by atoms with Gasteiger partial charge in [0.2, 0.25) is 5.89 Å². The topological polar surface area (TPSA) is 56.0 Å². The predicted molar refractivity (Wildman–Crippen MR) is 95.8 cm³/mol. The Morgan fingerprint density at radius 3 is 2.54 bits per heavy atom. The van der Waals surface area contributed by atoms with E-state index in [2.05, 4.69) is 10.2 Å². The fourth-order valence-corrected chi connectivity index (χ4v) is 3.13. The number of aromatic nitrogens is 2. The summed E-state index contributed by atoms with van der Waals surface area (Å²) in [6.45, 7) is 1.80. The van der Waals surface area contributed by atoms with Gasteiger partial charge in [0.1, 0.15) is 0 Å². The Bertz CT molecular complexity index is 865. The minimum Gasteiger partial charge on any atom is -0.411 e. The van der Waals surface area contributed by atoms with Gasteiger partial charge in [0, 0.05) is 21.2 Å². The summed E-state index contributed by atoms with van der Waals surface area (Å²) in [4.78, 5) is 12.4. The quantitative estimate of drug-likeness (QED) is 0.438. The van der Waals surface area contributed by atoms with E-state index in [1.165, 1.54) is 11.8 Å². The van der Waals surface area contributed by atoms with Crippen molar-refractivity contribution in [2.24, 2.45) is 0 Å². The normalized spacial score (nSPS) is 12.1. The highest BCUT2D eigenvalue weighted by atomic mass is 35.5. The largest absolute Gasteiger partial charge is 0.411 e. The number of rotatable bonds is 5. The molecule has 0 fully saturated rings. The number of carbonyl (C=O) groups excluding carboxylic acids is 1. The standard InChI is InChI=1S/C17H12Cl2N2O2S/c1-10(15(22)11-5-7-13(18)8-6-11)24-17-21-20-16(23-17)12-3-2-4-14(19)9-12/h2-10H,1H3/t10-/m0/s1. The lowest BCUT2D eigenvalue weighted by molar-refractivity contribution is 0.0993. The zero-order valence-corrected chi connectivity index (χ0v) is 14.9. The molecule has 0 radical (unpaired) electrons. The van der Waals surface area contributed by atoms with Crippen LogP contribution in [0, 0.1) is 0 Å². The fraction of sp³-hybridized carbons (Fsp3) is 0.118. The molecule has 1 heterocycles. The van der Waals surface area contributed by atoms with E-state index in [4.69, 9.17) is 27.6 Å². The molecular formula is C17H12Cl2N2O2S. The summed E-state index contributed by atoms with van der Waals surface area (Å²) in [5.41, 5.74) is 1.33. The molecule has 0 saturated carbocycles. The van der Waals surface area contributed by atoms with Gasteiger partial charge in [-0.2, -0.15) is 0 Å². The summed E-state index contributed by atoms with van der Waals surface area (Å²) in [6, 6.07) is 13.9. The third-order valence-electron chi connectivity index (χ3n) is 3.25. The Kier molecular flexibility index (Phi) is 5.23. The van der Waals surface area contributed by atoms with E-state index < -0.39 is 0 Å². The first-order valence-electron chi connectivity index (χ1n) is 7.09. The minimum absolute atomic E-state index is 0.0285. The number of halogens is 2. The summed E-state index contributed by atoms with van der Waals surface area (Å²) < 4.78 is 5.61. The first-order valence-corrected chi connectivity index (χ1v) is 8.72. The maximum Gasteiger partial charge on any atom is 0.277 e. The molecule has 24 heavy (non-hydrogen) atoms. The van der Waals surface area contributed by atoms with Crippen molar-refractivity contribution < 1.29 is 9.21 Å². The van der Waals surface area contributed by atoms with E-state index in [-0.39, 0.29) is 11.0 Å². The minimum atomic E-state index is -0.362. The summed E-state index contributed by atoms with van der Waals surface area (Å²) >= 11 is 13.0. The van der Waals surface area contributed by atoms with Crippen molar-refractivity contribution >= 4 is 40.7 Å². The molecule has 0 spiro atoms. The smallest absolute Gasteiger partial charge is 0.277 e. The number of hydrogen-bond acceptors (Lipinski definition) is 5. The van der Waals surface area contributed by atoms with Crippen molar-refractivity contribution in [3.63, 3.8) is 0 Å². The number of benzene rings is 2. The van der Waals surface area contributed by atoms with Crippen LogP contribution in [-0.2, 0) is 0 Å². The van der Waals surface area contributed by atoms with E-state index in [0.717, 1.165) is 5.56 Å². The van der Waals surface area contributed by atoms with Crippen LogP contribution in [0.3, 0.4) is 0 Å². The number of hydrogen-bond donors (Lipinski definition) is 0. The van der Waals surface area contributed by atoms with Crippen molar-refractivity contribution in [3.05, 3.63) is 64.1 Å². The lowest BCUT2D eigenvalue weighted by Crippen LogP contribution is -2.13. The van der Waals surface area contributed by atoms with Crippen LogP contribution in [0.1, 0.15) is 17.3 Å². The molecule has 1 atom stereocenters.